The first-order chi connectivity index (χ1) is 8.06. The van der Waals surface area contributed by atoms with E-state index in [0.717, 1.165) is 20.3 Å². The molecule has 0 atom stereocenters. The van der Waals surface area contributed by atoms with E-state index in [9.17, 15) is 0 Å². The first-order valence-electron chi connectivity index (χ1n) is 5.12. The van der Waals surface area contributed by atoms with Gasteiger partial charge in [-0.05, 0) is 69.0 Å². The number of benzene rings is 1. The number of hydrogen-bond donors (Lipinski definition) is 0. The van der Waals surface area contributed by atoms with Gasteiger partial charge in [0.25, 0.3) is 0 Å². The summed E-state index contributed by atoms with van der Waals surface area (Å²) in [6, 6.07) is 7.85. The lowest BCUT2D eigenvalue weighted by atomic mass is 10.2. The van der Waals surface area contributed by atoms with E-state index in [0.29, 0.717) is 5.88 Å². The minimum Gasteiger partial charge on any atom is -0.438 e. The second-order valence-corrected chi connectivity index (χ2v) is 5.52. The number of pyridine rings is 1. The molecule has 1 aromatic heterocycles. The predicted octanol–water partition coefficient (Wildman–Crippen LogP) is 5.02. The third-order valence-electron chi connectivity index (χ3n) is 2.32. The van der Waals surface area contributed by atoms with Crippen LogP contribution in [0.4, 0.5) is 0 Å². The predicted molar refractivity (Wildman–Crippen MR) is 75.6 cm³/mol. The number of halogens is 2. The Morgan fingerprint density at radius 3 is 2.47 bits per heavy atom. The molecule has 0 bridgehead atoms. The molecule has 2 nitrogen and oxygen atoms in total. The van der Waals surface area contributed by atoms with E-state index in [1.54, 1.807) is 6.20 Å². The van der Waals surface area contributed by atoms with Crippen LogP contribution in [0.25, 0.3) is 0 Å². The van der Waals surface area contributed by atoms with E-state index in [2.05, 4.69) is 36.8 Å². The largest absolute Gasteiger partial charge is 0.438 e. The fourth-order valence-electron chi connectivity index (χ4n) is 1.37. The average molecular weight is 357 g/mol. The van der Waals surface area contributed by atoms with Gasteiger partial charge in [-0.2, -0.15) is 0 Å². The molecule has 0 unspecified atom stereocenters. The molecular formula is C13H11Br2NO. The van der Waals surface area contributed by atoms with E-state index in [4.69, 9.17) is 4.74 Å². The lowest BCUT2D eigenvalue weighted by Crippen LogP contribution is -1.90. The van der Waals surface area contributed by atoms with Crippen LogP contribution in [-0.2, 0) is 0 Å². The highest BCUT2D eigenvalue weighted by atomic mass is 79.9. The van der Waals surface area contributed by atoms with Gasteiger partial charge in [-0.15, -0.1) is 0 Å². The van der Waals surface area contributed by atoms with E-state index >= 15 is 0 Å². The van der Waals surface area contributed by atoms with Gasteiger partial charge in [-0.3, -0.25) is 0 Å². The van der Waals surface area contributed by atoms with Crippen molar-refractivity contribution in [1.29, 1.82) is 0 Å². The molecule has 0 radical (unpaired) electrons. The summed E-state index contributed by atoms with van der Waals surface area (Å²) in [6.07, 6.45) is 1.74. The van der Waals surface area contributed by atoms with Crippen molar-refractivity contribution in [2.24, 2.45) is 0 Å². The molecule has 0 saturated carbocycles. The van der Waals surface area contributed by atoms with Crippen molar-refractivity contribution in [3.05, 3.63) is 50.5 Å². The molecule has 0 N–H and O–H groups in total. The highest BCUT2D eigenvalue weighted by molar-refractivity contribution is 9.10. The van der Waals surface area contributed by atoms with Gasteiger partial charge in [0.1, 0.15) is 5.75 Å². The van der Waals surface area contributed by atoms with Crippen LogP contribution in [0, 0.1) is 13.8 Å². The lowest BCUT2D eigenvalue weighted by Gasteiger charge is -2.08. The smallest absolute Gasteiger partial charge is 0.219 e. The van der Waals surface area contributed by atoms with Crippen LogP contribution in [0.15, 0.2) is 39.4 Å². The maximum atomic E-state index is 5.72. The van der Waals surface area contributed by atoms with Crippen molar-refractivity contribution in [2.75, 3.05) is 0 Å². The molecule has 0 amide bonds. The Balaban J connectivity index is 2.28. The summed E-state index contributed by atoms with van der Waals surface area (Å²) in [6.45, 7) is 4.04. The molecule has 0 aliphatic carbocycles. The first kappa shape index (κ1) is 12.6. The lowest BCUT2D eigenvalue weighted by molar-refractivity contribution is 0.459. The number of rotatable bonds is 2. The molecule has 0 aliphatic rings. The quantitative estimate of drug-likeness (QED) is 0.754. The third-order valence-corrected chi connectivity index (χ3v) is 3.77. The van der Waals surface area contributed by atoms with E-state index in [1.165, 1.54) is 5.56 Å². The van der Waals surface area contributed by atoms with Crippen molar-refractivity contribution in [3.63, 3.8) is 0 Å². The highest BCUT2D eigenvalue weighted by Crippen LogP contribution is 2.30. The summed E-state index contributed by atoms with van der Waals surface area (Å²) in [7, 11) is 0. The van der Waals surface area contributed by atoms with Crippen molar-refractivity contribution in [2.45, 2.75) is 13.8 Å². The van der Waals surface area contributed by atoms with Crippen LogP contribution in [0.5, 0.6) is 11.6 Å². The zero-order chi connectivity index (χ0) is 12.4. The maximum Gasteiger partial charge on any atom is 0.219 e. The van der Waals surface area contributed by atoms with Crippen molar-refractivity contribution in [1.82, 2.24) is 4.98 Å². The standard InChI is InChI=1S/C13H11Br2NO/c1-8-3-4-12(10(14)5-8)17-13-6-9(2)11(15)7-16-13/h3-7H,1-2H3. The van der Waals surface area contributed by atoms with Crippen molar-refractivity contribution >= 4 is 31.9 Å². The van der Waals surface area contributed by atoms with E-state index in [-0.39, 0.29) is 0 Å². The van der Waals surface area contributed by atoms with Gasteiger partial charge in [0.15, 0.2) is 0 Å². The Labute approximate surface area is 117 Å². The Morgan fingerprint density at radius 1 is 1.06 bits per heavy atom. The SMILES string of the molecule is Cc1ccc(Oc2cc(C)c(Br)cn2)c(Br)c1. The molecule has 0 aliphatic heterocycles. The van der Waals surface area contributed by atoms with Gasteiger partial charge in [0.2, 0.25) is 5.88 Å². The van der Waals surface area contributed by atoms with Crippen LogP contribution < -0.4 is 4.74 Å². The zero-order valence-corrected chi connectivity index (χ0v) is 12.7. The minimum absolute atomic E-state index is 0.593. The van der Waals surface area contributed by atoms with Gasteiger partial charge in [-0.1, -0.05) is 6.07 Å². The molecule has 4 heteroatoms. The van der Waals surface area contributed by atoms with Crippen LogP contribution in [0.1, 0.15) is 11.1 Å². The van der Waals surface area contributed by atoms with Gasteiger partial charge in [-0.25, -0.2) is 4.98 Å². The molecule has 1 aromatic carbocycles. The topological polar surface area (TPSA) is 22.1 Å². The number of hydrogen-bond acceptors (Lipinski definition) is 2. The van der Waals surface area contributed by atoms with Crippen LogP contribution in [0.3, 0.4) is 0 Å². The highest BCUT2D eigenvalue weighted by Gasteiger charge is 2.05. The fraction of sp³-hybridized carbons (Fsp3) is 0.154. The third kappa shape index (κ3) is 3.07. The fourth-order valence-corrected chi connectivity index (χ4v) is 2.16. The molecular weight excluding hydrogens is 346 g/mol. The summed E-state index contributed by atoms with van der Waals surface area (Å²) in [5.74, 6) is 1.36. The van der Waals surface area contributed by atoms with Crippen LogP contribution in [-0.4, -0.2) is 4.98 Å². The zero-order valence-electron chi connectivity index (χ0n) is 9.50. The van der Waals surface area contributed by atoms with Gasteiger partial charge in [0, 0.05) is 16.7 Å². The Morgan fingerprint density at radius 2 is 1.82 bits per heavy atom. The molecule has 17 heavy (non-hydrogen) atoms. The summed E-state index contributed by atoms with van der Waals surface area (Å²) in [5, 5.41) is 0. The van der Waals surface area contributed by atoms with Crippen molar-refractivity contribution in [3.8, 4) is 11.6 Å². The summed E-state index contributed by atoms with van der Waals surface area (Å²) < 4.78 is 7.63. The normalized spacial score (nSPS) is 10.4. The number of aryl methyl sites for hydroxylation is 2. The van der Waals surface area contributed by atoms with Gasteiger partial charge in [0.05, 0.1) is 4.47 Å². The molecule has 0 saturated heterocycles. The number of nitrogens with zero attached hydrogens (tertiary/aromatic N) is 1. The molecule has 0 fully saturated rings. The molecule has 88 valence electrons. The van der Waals surface area contributed by atoms with E-state index in [1.807, 2.05) is 38.1 Å². The number of aromatic nitrogens is 1. The second-order valence-electron chi connectivity index (χ2n) is 3.81. The monoisotopic (exact) mass is 355 g/mol. The summed E-state index contributed by atoms with van der Waals surface area (Å²) in [5.41, 5.74) is 2.28. The summed E-state index contributed by atoms with van der Waals surface area (Å²) >= 11 is 6.89. The average Bonchev–Trinajstić information content (AvgIpc) is 2.27. The Hall–Kier alpha value is -0.870. The Kier molecular flexibility index (Phi) is 3.84. The molecule has 2 aromatic rings. The summed E-state index contributed by atoms with van der Waals surface area (Å²) in [4.78, 5) is 4.21. The van der Waals surface area contributed by atoms with Crippen LogP contribution >= 0.6 is 31.9 Å². The minimum atomic E-state index is 0.593. The maximum absolute atomic E-state index is 5.72. The van der Waals surface area contributed by atoms with Crippen LogP contribution in [0.2, 0.25) is 0 Å². The van der Waals surface area contributed by atoms with Gasteiger partial charge >= 0.3 is 0 Å². The second kappa shape index (κ2) is 5.19. The number of ether oxygens (including phenoxy) is 1. The van der Waals surface area contributed by atoms with Crippen molar-refractivity contribution < 1.29 is 4.74 Å². The first-order valence-corrected chi connectivity index (χ1v) is 6.71. The van der Waals surface area contributed by atoms with E-state index < -0.39 is 0 Å². The van der Waals surface area contributed by atoms with Gasteiger partial charge < -0.3 is 4.74 Å². The molecule has 0 spiro atoms. The molecule has 1 heterocycles. The molecule has 2 rings (SSSR count). The Bertz CT molecular complexity index is 555.